The molecule has 0 spiro atoms. The summed E-state index contributed by atoms with van der Waals surface area (Å²) >= 11 is 6.09. The van der Waals surface area contributed by atoms with Crippen LogP contribution in [0.1, 0.15) is 42.9 Å². The van der Waals surface area contributed by atoms with Gasteiger partial charge in [0.1, 0.15) is 5.78 Å². The molecule has 3 rings (SSSR count). The van der Waals surface area contributed by atoms with Gasteiger partial charge in [-0.2, -0.15) is 0 Å². The van der Waals surface area contributed by atoms with Crippen LogP contribution in [0.5, 0.6) is 0 Å². The van der Waals surface area contributed by atoms with Crippen molar-refractivity contribution in [3.63, 3.8) is 0 Å². The standard InChI is InChI=1S/C15H16ClNO/c1-9-15(10-3-2-4-12(18)7-10)13-8-11(16)5-6-14(13)17-9/h5-6,8,10,17H,2-4,7H2,1H3. The number of aromatic nitrogens is 1. The van der Waals surface area contributed by atoms with E-state index >= 15 is 0 Å². The molecule has 1 atom stereocenters. The largest absolute Gasteiger partial charge is 0.358 e. The summed E-state index contributed by atoms with van der Waals surface area (Å²) in [5.41, 5.74) is 3.58. The molecule has 1 heterocycles. The highest BCUT2D eigenvalue weighted by molar-refractivity contribution is 6.31. The predicted molar refractivity (Wildman–Crippen MR) is 74.3 cm³/mol. The summed E-state index contributed by atoms with van der Waals surface area (Å²) in [4.78, 5) is 15.0. The maximum absolute atomic E-state index is 11.6. The number of ketones is 1. The number of carbonyl (C=O) groups is 1. The number of carbonyl (C=O) groups excluding carboxylic acids is 1. The third-order valence-electron chi connectivity index (χ3n) is 3.89. The molecule has 3 heteroatoms. The predicted octanol–water partition coefficient (Wildman–Crippen LogP) is 4.36. The molecule has 0 saturated heterocycles. The van der Waals surface area contributed by atoms with E-state index < -0.39 is 0 Å². The van der Waals surface area contributed by atoms with Crippen molar-refractivity contribution in [3.05, 3.63) is 34.5 Å². The minimum atomic E-state index is 0.360. The molecule has 1 fully saturated rings. The quantitative estimate of drug-likeness (QED) is 0.813. The monoisotopic (exact) mass is 261 g/mol. The molecule has 1 aromatic carbocycles. The highest BCUT2D eigenvalue weighted by atomic mass is 35.5. The van der Waals surface area contributed by atoms with Crippen LogP contribution in [0.15, 0.2) is 18.2 Å². The first-order valence-electron chi connectivity index (χ1n) is 6.44. The van der Waals surface area contributed by atoms with Crippen LogP contribution in [0.3, 0.4) is 0 Å². The molecule has 1 aliphatic carbocycles. The topological polar surface area (TPSA) is 32.9 Å². The number of Topliss-reactive ketones (excluding diaryl/α,β-unsaturated/α-hetero) is 1. The summed E-state index contributed by atoms with van der Waals surface area (Å²) in [6.07, 6.45) is 3.54. The van der Waals surface area contributed by atoms with Gasteiger partial charge >= 0.3 is 0 Å². The zero-order valence-corrected chi connectivity index (χ0v) is 11.2. The summed E-state index contributed by atoms with van der Waals surface area (Å²) in [7, 11) is 0. The van der Waals surface area contributed by atoms with Gasteiger partial charge in [0.05, 0.1) is 0 Å². The Morgan fingerprint density at radius 3 is 3.00 bits per heavy atom. The van der Waals surface area contributed by atoms with Gasteiger partial charge in [0.15, 0.2) is 0 Å². The molecule has 1 aromatic heterocycles. The van der Waals surface area contributed by atoms with Gasteiger partial charge in [0.25, 0.3) is 0 Å². The Hall–Kier alpha value is -1.28. The van der Waals surface area contributed by atoms with Crippen LogP contribution in [0, 0.1) is 6.92 Å². The molecule has 2 nitrogen and oxygen atoms in total. The van der Waals surface area contributed by atoms with Crippen LogP contribution in [0.25, 0.3) is 10.9 Å². The van der Waals surface area contributed by atoms with E-state index in [-0.39, 0.29) is 0 Å². The van der Waals surface area contributed by atoms with Crippen molar-refractivity contribution in [2.75, 3.05) is 0 Å². The third kappa shape index (κ3) is 1.95. The number of aryl methyl sites for hydroxylation is 1. The van der Waals surface area contributed by atoms with E-state index in [2.05, 4.69) is 11.9 Å². The Morgan fingerprint density at radius 1 is 1.39 bits per heavy atom. The van der Waals surface area contributed by atoms with E-state index in [1.807, 2.05) is 18.2 Å². The van der Waals surface area contributed by atoms with Crippen molar-refractivity contribution in [1.82, 2.24) is 4.98 Å². The van der Waals surface area contributed by atoms with Crippen LogP contribution in [0.2, 0.25) is 5.02 Å². The van der Waals surface area contributed by atoms with E-state index in [1.165, 1.54) is 16.6 Å². The van der Waals surface area contributed by atoms with Crippen molar-refractivity contribution in [2.24, 2.45) is 0 Å². The second kappa shape index (κ2) is 4.43. The van der Waals surface area contributed by atoms with Crippen LogP contribution in [-0.2, 0) is 4.79 Å². The molecule has 94 valence electrons. The number of fused-ring (bicyclic) bond motifs is 1. The number of H-pyrrole nitrogens is 1. The molecule has 18 heavy (non-hydrogen) atoms. The molecule has 1 N–H and O–H groups in total. The molecule has 0 radical (unpaired) electrons. The SMILES string of the molecule is Cc1[nH]c2ccc(Cl)cc2c1C1CCCC(=O)C1. The smallest absolute Gasteiger partial charge is 0.133 e. The molecular formula is C15H16ClNO. The lowest BCUT2D eigenvalue weighted by Crippen LogP contribution is -2.13. The molecule has 0 amide bonds. The van der Waals surface area contributed by atoms with Crippen molar-refractivity contribution in [3.8, 4) is 0 Å². The third-order valence-corrected chi connectivity index (χ3v) is 4.12. The van der Waals surface area contributed by atoms with E-state index in [9.17, 15) is 4.79 Å². The summed E-state index contributed by atoms with van der Waals surface area (Å²) in [5.74, 6) is 0.750. The lowest BCUT2D eigenvalue weighted by Gasteiger charge is -2.21. The molecule has 1 saturated carbocycles. The molecule has 1 unspecified atom stereocenters. The fourth-order valence-electron chi connectivity index (χ4n) is 3.12. The van der Waals surface area contributed by atoms with Crippen LogP contribution >= 0.6 is 11.6 Å². The minimum absolute atomic E-state index is 0.360. The summed E-state index contributed by atoms with van der Waals surface area (Å²) in [6, 6.07) is 5.92. The highest BCUT2D eigenvalue weighted by Gasteiger charge is 2.25. The lowest BCUT2D eigenvalue weighted by atomic mass is 9.82. The first-order chi connectivity index (χ1) is 8.65. The van der Waals surface area contributed by atoms with Crippen molar-refractivity contribution >= 4 is 28.3 Å². The fourth-order valence-corrected chi connectivity index (χ4v) is 3.29. The van der Waals surface area contributed by atoms with E-state index in [4.69, 9.17) is 11.6 Å². The average molecular weight is 262 g/mol. The molecule has 0 bridgehead atoms. The number of rotatable bonds is 1. The van der Waals surface area contributed by atoms with E-state index in [0.29, 0.717) is 18.1 Å². The number of hydrogen-bond donors (Lipinski definition) is 1. The number of hydrogen-bond acceptors (Lipinski definition) is 1. The summed E-state index contributed by atoms with van der Waals surface area (Å²) in [6.45, 7) is 2.09. The van der Waals surface area contributed by atoms with Crippen LogP contribution in [-0.4, -0.2) is 10.8 Å². The summed E-state index contributed by atoms with van der Waals surface area (Å²) < 4.78 is 0. The Balaban J connectivity index is 2.12. The van der Waals surface area contributed by atoms with Gasteiger partial charge in [-0.1, -0.05) is 11.6 Å². The first-order valence-corrected chi connectivity index (χ1v) is 6.82. The maximum Gasteiger partial charge on any atom is 0.133 e. The molecule has 0 aliphatic heterocycles. The number of halogens is 1. The normalized spacial score (nSPS) is 20.6. The Bertz CT molecular complexity index is 614. The Morgan fingerprint density at radius 2 is 2.22 bits per heavy atom. The zero-order valence-electron chi connectivity index (χ0n) is 10.4. The fraction of sp³-hybridized carbons (Fsp3) is 0.400. The van der Waals surface area contributed by atoms with E-state index in [0.717, 1.165) is 29.8 Å². The van der Waals surface area contributed by atoms with Gasteiger partial charge in [-0.05, 0) is 49.4 Å². The molecule has 1 aliphatic rings. The van der Waals surface area contributed by atoms with Gasteiger partial charge in [-0.3, -0.25) is 4.79 Å². The zero-order chi connectivity index (χ0) is 12.7. The average Bonchev–Trinajstić information content (AvgIpc) is 2.64. The first kappa shape index (κ1) is 11.8. The Labute approximate surface area is 111 Å². The van der Waals surface area contributed by atoms with Crippen molar-refractivity contribution in [2.45, 2.75) is 38.5 Å². The van der Waals surface area contributed by atoms with Gasteiger partial charge in [-0.15, -0.1) is 0 Å². The number of nitrogens with one attached hydrogen (secondary N) is 1. The lowest BCUT2D eigenvalue weighted by molar-refractivity contribution is -0.120. The van der Waals surface area contributed by atoms with Gasteiger partial charge in [0.2, 0.25) is 0 Å². The summed E-state index contributed by atoms with van der Waals surface area (Å²) in [5, 5.41) is 1.93. The second-order valence-electron chi connectivity index (χ2n) is 5.19. The number of benzene rings is 1. The van der Waals surface area contributed by atoms with Gasteiger partial charge in [-0.25, -0.2) is 0 Å². The molecule has 2 aromatic rings. The highest BCUT2D eigenvalue weighted by Crippen LogP contribution is 2.38. The van der Waals surface area contributed by atoms with Gasteiger partial charge in [0, 0.05) is 34.5 Å². The van der Waals surface area contributed by atoms with Crippen LogP contribution in [0.4, 0.5) is 0 Å². The Kier molecular flexibility index (Phi) is 2.90. The van der Waals surface area contributed by atoms with Crippen LogP contribution < -0.4 is 0 Å². The second-order valence-corrected chi connectivity index (χ2v) is 5.62. The molecular weight excluding hydrogens is 246 g/mol. The van der Waals surface area contributed by atoms with Crippen molar-refractivity contribution < 1.29 is 4.79 Å². The maximum atomic E-state index is 11.6. The van der Waals surface area contributed by atoms with Crippen molar-refractivity contribution in [1.29, 1.82) is 0 Å². The van der Waals surface area contributed by atoms with E-state index in [1.54, 1.807) is 0 Å². The minimum Gasteiger partial charge on any atom is -0.358 e. The van der Waals surface area contributed by atoms with Gasteiger partial charge < -0.3 is 4.98 Å². The number of aromatic amines is 1.